The molecule has 10 heteroatoms. The van der Waals surface area contributed by atoms with Crippen molar-refractivity contribution in [1.29, 1.82) is 0 Å². The normalized spacial score (nSPS) is 9.44. The van der Waals surface area contributed by atoms with Crippen LogP contribution in [0.1, 0.15) is 33.6 Å². The second-order valence-corrected chi connectivity index (χ2v) is 5.61. The van der Waals surface area contributed by atoms with Crippen molar-refractivity contribution in [1.82, 2.24) is 0 Å². The molecule has 1 N–H and O–H groups in total. The molecule has 7 nitrogen and oxygen atoms in total. The summed E-state index contributed by atoms with van der Waals surface area (Å²) in [5.41, 5.74) is -0.613. The van der Waals surface area contributed by atoms with E-state index in [4.69, 9.17) is 27.9 Å². The van der Waals surface area contributed by atoms with Gasteiger partial charge in [0.15, 0.2) is 0 Å². The van der Waals surface area contributed by atoms with Gasteiger partial charge in [-0.05, 0) is 18.1 Å². The van der Waals surface area contributed by atoms with Crippen LogP contribution in [0.15, 0.2) is 0 Å². The summed E-state index contributed by atoms with van der Waals surface area (Å²) in [6.45, 7) is 33.3. The molecule has 0 unspecified atom stereocenters. The van der Waals surface area contributed by atoms with Gasteiger partial charge in [-0.2, -0.15) is 0 Å². The van der Waals surface area contributed by atoms with Crippen LogP contribution < -0.4 is 0 Å². The van der Waals surface area contributed by atoms with Crippen LogP contribution in [0.25, 0.3) is 0 Å². The van der Waals surface area contributed by atoms with Gasteiger partial charge in [-0.15, -0.1) is 0 Å². The third-order valence-electron chi connectivity index (χ3n) is 1.36. The minimum Gasteiger partial charge on any atom is 0 e. The summed E-state index contributed by atoms with van der Waals surface area (Å²) in [5, 5.41) is 12.3. The summed E-state index contributed by atoms with van der Waals surface area (Å²) in [7, 11) is 0. The van der Waals surface area contributed by atoms with Crippen molar-refractivity contribution in [2.24, 2.45) is 0 Å². The van der Waals surface area contributed by atoms with E-state index in [1.54, 1.807) is 11.8 Å². The second kappa shape index (κ2) is 43.6. The van der Waals surface area contributed by atoms with Gasteiger partial charge >= 0.3 is 67.8 Å². The molecular weight excluding hydrogens is 442 g/mol. The van der Waals surface area contributed by atoms with Gasteiger partial charge in [-0.25, -0.2) is 0 Å². The second-order valence-electron chi connectivity index (χ2n) is 3.97. The maximum absolute atomic E-state index is 9.34. The molecule has 0 atom stereocenters. The maximum Gasteiger partial charge on any atom is 0 e. The molecule has 0 aromatic rings. The van der Waals surface area contributed by atoms with E-state index in [9.17, 15) is 5.11 Å². The quantitative estimate of drug-likeness (QED) is 0.337. The molecule has 1 fully saturated rings. The molecule has 0 amide bonds. The van der Waals surface area contributed by atoms with Crippen LogP contribution in [0.4, 0.5) is 0 Å². The van der Waals surface area contributed by atoms with E-state index in [1.165, 1.54) is 0 Å². The van der Waals surface area contributed by atoms with E-state index in [0.717, 1.165) is 12.8 Å². The van der Waals surface area contributed by atoms with Crippen molar-refractivity contribution in [3.05, 3.63) is 39.9 Å². The van der Waals surface area contributed by atoms with Gasteiger partial charge in [0.2, 0.25) is 0 Å². The Balaban J connectivity index is -0.0000000297. The topological polar surface area (TPSA) is 140 Å². The first-order valence-electron chi connectivity index (χ1n) is 5.06. The number of rotatable bonds is 0. The van der Waals surface area contributed by atoms with Crippen molar-refractivity contribution in [2.75, 3.05) is 0 Å². The van der Waals surface area contributed by atoms with Gasteiger partial charge in [0.05, 0.1) is 0 Å². The van der Waals surface area contributed by atoms with Gasteiger partial charge in [0.1, 0.15) is 5.60 Å². The zero-order valence-corrected chi connectivity index (χ0v) is 16.3. The summed E-state index contributed by atoms with van der Waals surface area (Å²) in [4.78, 5) is 0. The molecule has 0 spiro atoms. The molecular formula is C15H14Co2O7S. The average molecular weight is 456 g/mol. The fourth-order valence-electron chi connectivity index (χ4n) is 0.517. The Hall–Kier alpha value is -0.677. The average Bonchev–Trinajstić information content (AvgIpc) is 3.35. The molecule has 1 aliphatic rings. The van der Waals surface area contributed by atoms with E-state index in [2.05, 4.69) is 71.8 Å². The standard InChI is InChI=1S/C9H14OS.6CO.2Co/c1-8(2,3)11-7-6-9(10)4-5-9;6*1-2;;/h10H,4-5H2,1-3H3;;;;;;;;. The van der Waals surface area contributed by atoms with Crippen LogP contribution in [0.2, 0.25) is 0 Å². The van der Waals surface area contributed by atoms with Crippen LogP contribution >= 0.6 is 11.8 Å². The Morgan fingerprint density at radius 3 is 1.16 bits per heavy atom. The van der Waals surface area contributed by atoms with Crippen molar-refractivity contribution >= 4 is 11.8 Å². The zero-order valence-electron chi connectivity index (χ0n) is 13.4. The van der Waals surface area contributed by atoms with E-state index in [-0.39, 0.29) is 38.3 Å². The smallest absolute Gasteiger partial charge is 0 e. The van der Waals surface area contributed by atoms with Gasteiger partial charge in [0.25, 0.3) is 0 Å². The Morgan fingerprint density at radius 1 is 0.760 bits per heavy atom. The summed E-state index contributed by atoms with van der Waals surface area (Å²) in [6, 6.07) is 0. The predicted molar refractivity (Wildman–Crippen MR) is 72.9 cm³/mol. The molecule has 0 aliphatic heterocycles. The summed E-state index contributed by atoms with van der Waals surface area (Å²) in [5.74, 6) is 2.86. The first kappa shape index (κ1) is 49.7. The minimum absolute atomic E-state index is 0. The monoisotopic (exact) mass is 456 g/mol. The van der Waals surface area contributed by atoms with Crippen LogP contribution in [0, 0.1) is 51.1 Å². The first-order chi connectivity index (χ1) is 10.9. The summed E-state index contributed by atoms with van der Waals surface area (Å²) < 4.78 is 45.2. The van der Waals surface area contributed by atoms with Crippen LogP contribution in [0.5, 0.6) is 0 Å². The molecule has 140 valence electrons. The minimum atomic E-state index is -0.613. The van der Waals surface area contributed by atoms with Crippen molar-refractivity contribution in [3.63, 3.8) is 0 Å². The third-order valence-corrected chi connectivity index (χ3v) is 2.18. The number of hydrogen-bond donors (Lipinski definition) is 1. The van der Waals surface area contributed by atoms with E-state index in [0.29, 0.717) is 0 Å². The molecule has 25 heavy (non-hydrogen) atoms. The molecule has 2 radical (unpaired) electrons. The van der Waals surface area contributed by atoms with Crippen molar-refractivity contribution in [3.8, 4) is 11.2 Å². The van der Waals surface area contributed by atoms with Gasteiger partial charge in [-0.3, -0.25) is 0 Å². The molecule has 1 aliphatic carbocycles. The summed E-state index contributed by atoms with van der Waals surface area (Å²) in [6.07, 6.45) is 1.70. The molecule has 0 heterocycles. The number of aliphatic hydroxyl groups is 1. The van der Waals surface area contributed by atoms with Crippen LogP contribution in [-0.2, 0) is 61.5 Å². The van der Waals surface area contributed by atoms with Crippen LogP contribution in [0.3, 0.4) is 0 Å². The molecule has 0 aromatic heterocycles. The Morgan fingerprint density at radius 2 is 1.00 bits per heavy atom. The Kier molecular flexibility index (Phi) is 86.6. The Labute approximate surface area is 173 Å². The molecule has 1 rings (SSSR count). The third kappa shape index (κ3) is 69.8. The number of hydrogen-bond acceptors (Lipinski definition) is 2. The molecule has 1 saturated carbocycles. The zero-order chi connectivity index (χ0) is 20.5. The van der Waals surface area contributed by atoms with Crippen molar-refractivity contribution in [2.45, 2.75) is 44.0 Å². The van der Waals surface area contributed by atoms with Gasteiger partial charge < -0.3 is 5.11 Å². The fraction of sp³-hybridized carbons (Fsp3) is 0.467. The fourth-order valence-corrected chi connectivity index (χ4v) is 1.06. The van der Waals surface area contributed by atoms with Crippen LogP contribution in [-0.4, -0.2) is 15.5 Å². The summed E-state index contributed by atoms with van der Waals surface area (Å²) >= 11 is 1.58. The van der Waals surface area contributed by atoms with Crippen molar-refractivity contribution < 1.29 is 66.6 Å². The van der Waals surface area contributed by atoms with E-state index < -0.39 is 5.60 Å². The van der Waals surface area contributed by atoms with E-state index in [1.807, 2.05) is 0 Å². The first-order valence-corrected chi connectivity index (χ1v) is 5.88. The van der Waals surface area contributed by atoms with E-state index >= 15 is 0 Å². The molecule has 0 aromatic carbocycles. The largest absolute Gasteiger partial charge is 0 e. The maximum atomic E-state index is 9.34. The molecule has 0 bridgehead atoms. The van der Waals surface area contributed by atoms with Gasteiger partial charge in [-0.1, -0.05) is 38.5 Å². The Bertz CT molecular complexity index is 384. The predicted octanol–water partition coefficient (Wildman–Crippen LogP) is 1.77. The number of thioether (sulfide) groups is 1. The SMILES string of the molecule is CC(C)(C)SC#CC1(O)CC1.[C-]#[O+].[C-]#[O+].[C-]#[O+].[C-]#[O+].[C-]#[O+].[C-]#[O+].[Co].[Co]. The molecule has 0 saturated heterocycles. The van der Waals surface area contributed by atoms with Gasteiger partial charge in [0, 0.05) is 38.3 Å².